The predicted molar refractivity (Wildman–Crippen MR) is 87.4 cm³/mol. The second-order valence-electron chi connectivity index (χ2n) is 4.74. The maximum absolute atomic E-state index is 11.8. The molecule has 0 fully saturated rings. The van der Waals surface area contributed by atoms with Crippen LogP contribution in [0, 0.1) is 6.92 Å². The molecule has 0 saturated carbocycles. The van der Waals surface area contributed by atoms with E-state index in [1.807, 2.05) is 11.8 Å². The number of amides is 2. The van der Waals surface area contributed by atoms with Gasteiger partial charge in [0.2, 0.25) is 0 Å². The van der Waals surface area contributed by atoms with Crippen LogP contribution in [-0.4, -0.2) is 35.7 Å². The molecule has 0 aliphatic carbocycles. The largest absolute Gasteiger partial charge is 0.478 e. The lowest BCUT2D eigenvalue weighted by Gasteiger charge is -2.11. The van der Waals surface area contributed by atoms with Crippen LogP contribution in [0.2, 0.25) is 0 Å². The first kappa shape index (κ1) is 17.4. The van der Waals surface area contributed by atoms with E-state index in [0.29, 0.717) is 17.8 Å². The van der Waals surface area contributed by atoms with Crippen LogP contribution in [0.5, 0.6) is 0 Å². The lowest BCUT2D eigenvalue weighted by atomic mass is 10.1. The van der Waals surface area contributed by atoms with Crippen LogP contribution in [0.15, 0.2) is 18.2 Å². The summed E-state index contributed by atoms with van der Waals surface area (Å²) < 4.78 is 0. The normalized spacial score (nSPS) is 10.2. The fourth-order valence-electron chi connectivity index (χ4n) is 1.97. The summed E-state index contributed by atoms with van der Waals surface area (Å²) in [6.45, 7) is 2.30. The molecule has 0 heterocycles. The Balaban J connectivity index is 2.45. The first-order valence-electron chi connectivity index (χ1n) is 6.93. The van der Waals surface area contributed by atoms with Gasteiger partial charge in [-0.05, 0) is 43.4 Å². The Morgan fingerprint density at radius 1 is 1.24 bits per heavy atom. The third-order valence-electron chi connectivity index (χ3n) is 3.05. The minimum absolute atomic E-state index is 0.132. The summed E-state index contributed by atoms with van der Waals surface area (Å²) >= 11 is 1.82. The summed E-state index contributed by atoms with van der Waals surface area (Å²) in [6.07, 6.45) is 5.22. The molecule has 0 saturated heterocycles. The summed E-state index contributed by atoms with van der Waals surface area (Å²) in [7, 11) is 0. The molecule has 21 heavy (non-hydrogen) atoms. The summed E-state index contributed by atoms with van der Waals surface area (Å²) in [5.41, 5.74) is 1.08. The topological polar surface area (TPSA) is 78.4 Å². The minimum Gasteiger partial charge on any atom is -0.478 e. The highest BCUT2D eigenvalue weighted by Gasteiger charge is 2.14. The van der Waals surface area contributed by atoms with Gasteiger partial charge in [-0.15, -0.1) is 0 Å². The van der Waals surface area contributed by atoms with Crippen molar-refractivity contribution in [2.24, 2.45) is 0 Å². The zero-order chi connectivity index (χ0) is 15.7. The third kappa shape index (κ3) is 6.08. The van der Waals surface area contributed by atoms with E-state index in [-0.39, 0.29) is 11.6 Å². The highest BCUT2D eigenvalue weighted by molar-refractivity contribution is 7.98. The molecule has 1 rings (SSSR count). The quantitative estimate of drug-likeness (QED) is 0.643. The third-order valence-corrected chi connectivity index (χ3v) is 3.74. The molecule has 0 aliphatic rings. The molecule has 0 aliphatic heterocycles. The van der Waals surface area contributed by atoms with Gasteiger partial charge in [0.15, 0.2) is 0 Å². The van der Waals surface area contributed by atoms with Crippen LogP contribution in [0.25, 0.3) is 0 Å². The van der Waals surface area contributed by atoms with E-state index in [1.165, 1.54) is 0 Å². The Morgan fingerprint density at radius 3 is 2.67 bits per heavy atom. The zero-order valence-corrected chi connectivity index (χ0v) is 13.3. The molecule has 0 bridgehead atoms. The van der Waals surface area contributed by atoms with Gasteiger partial charge in [-0.1, -0.05) is 18.6 Å². The van der Waals surface area contributed by atoms with E-state index < -0.39 is 5.97 Å². The van der Waals surface area contributed by atoms with Crippen molar-refractivity contribution in [3.8, 4) is 0 Å². The van der Waals surface area contributed by atoms with E-state index in [2.05, 4.69) is 16.9 Å². The van der Waals surface area contributed by atoms with Crippen LogP contribution in [0.4, 0.5) is 10.5 Å². The molecule has 1 aromatic rings. The lowest BCUT2D eigenvalue weighted by molar-refractivity contribution is 0.0697. The van der Waals surface area contributed by atoms with Gasteiger partial charge in [0, 0.05) is 6.54 Å². The molecule has 0 radical (unpaired) electrons. The number of rotatable bonds is 8. The van der Waals surface area contributed by atoms with Gasteiger partial charge in [0.25, 0.3) is 0 Å². The fraction of sp³-hybridized carbons (Fsp3) is 0.467. The van der Waals surface area contributed by atoms with Crippen LogP contribution < -0.4 is 10.6 Å². The number of anilines is 1. The average Bonchev–Trinajstić information content (AvgIpc) is 2.42. The predicted octanol–water partition coefficient (Wildman–Crippen LogP) is 3.35. The van der Waals surface area contributed by atoms with Gasteiger partial charge < -0.3 is 15.7 Å². The number of carbonyl (C=O) groups is 2. The van der Waals surface area contributed by atoms with Gasteiger partial charge in [-0.3, -0.25) is 0 Å². The van der Waals surface area contributed by atoms with Crippen molar-refractivity contribution >= 4 is 29.4 Å². The number of carbonyl (C=O) groups excluding carboxylic acids is 1. The number of benzene rings is 1. The van der Waals surface area contributed by atoms with Gasteiger partial charge >= 0.3 is 12.0 Å². The van der Waals surface area contributed by atoms with Crippen molar-refractivity contribution in [1.82, 2.24) is 5.32 Å². The molecule has 5 nitrogen and oxygen atoms in total. The number of carboxylic acids is 1. The minimum atomic E-state index is -1.04. The highest BCUT2D eigenvalue weighted by Crippen LogP contribution is 2.19. The van der Waals surface area contributed by atoms with E-state index >= 15 is 0 Å². The lowest BCUT2D eigenvalue weighted by Crippen LogP contribution is -2.30. The summed E-state index contributed by atoms with van der Waals surface area (Å²) in [5, 5.41) is 14.5. The standard InChI is InChI=1S/C15H22N2O3S/c1-11-7-6-8-12(13(11)14(18)19)17-15(20)16-9-4-3-5-10-21-2/h6-8H,3-5,9-10H2,1-2H3,(H,18,19)(H2,16,17,20). The molecule has 0 aromatic heterocycles. The first-order valence-corrected chi connectivity index (χ1v) is 8.32. The SMILES string of the molecule is CSCCCCCNC(=O)Nc1cccc(C)c1C(=O)O. The van der Waals surface area contributed by atoms with E-state index in [1.54, 1.807) is 25.1 Å². The molecule has 116 valence electrons. The van der Waals surface area contributed by atoms with Gasteiger partial charge in [-0.2, -0.15) is 11.8 Å². The molecule has 3 N–H and O–H groups in total. The number of aryl methyl sites for hydroxylation is 1. The van der Waals surface area contributed by atoms with E-state index in [4.69, 9.17) is 0 Å². The average molecular weight is 310 g/mol. The van der Waals surface area contributed by atoms with Crippen molar-refractivity contribution in [3.05, 3.63) is 29.3 Å². The Bertz CT molecular complexity index is 492. The summed E-state index contributed by atoms with van der Waals surface area (Å²) in [4.78, 5) is 23.0. The maximum Gasteiger partial charge on any atom is 0.338 e. The monoisotopic (exact) mass is 310 g/mol. The van der Waals surface area contributed by atoms with Crippen molar-refractivity contribution in [2.75, 3.05) is 23.9 Å². The molecule has 0 atom stereocenters. The molecule has 6 heteroatoms. The number of nitrogens with one attached hydrogen (secondary N) is 2. The van der Waals surface area contributed by atoms with Gasteiger partial charge in [0.05, 0.1) is 11.3 Å². The van der Waals surface area contributed by atoms with Crippen LogP contribution in [0.3, 0.4) is 0 Å². The Labute approximate surface area is 129 Å². The molecular weight excluding hydrogens is 288 g/mol. The number of thioether (sulfide) groups is 1. The summed E-state index contributed by atoms with van der Waals surface area (Å²) in [6, 6.07) is 4.65. The Hall–Kier alpha value is -1.69. The Kier molecular flexibility index (Phi) is 7.68. The first-order chi connectivity index (χ1) is 10.1. The van der Waals surface area contributed by atoms with Crippen LogP contribution in [0.1, 0.15) is 35.2 Å². The van der Waals surface area contributed by atoms with E-state index in [0.717, 1.165) is 25.0 Å². The van der Waals surface area contributed by atoms with Crippen molar-refractivity contribution in [1.29, 1.82) is 0 Å². The maximum atomic E-state index is 11.8. The Morgan fingerprint density at radius 2 is 2.00 bits per heavy atom. The highest BCUT2D eigenvalue weighted by atomic mass is 32.2. The zero-order valence-electron chi connectivity index (χ0n) is 12.4. The molecular formula is C15H22N2O3S. The molecule has 2 amide bonds. The molecule has 0 spiro atoms. The van der Waals surface area contributed by atoms with Gasteiger partial charge in [0.1, 0.15) is 0 Å². The second kappa shape index (κ2) is 9.28. The number of carboxylic acid groups (broad SMARTS) is 1. The van der Waals surface area contributed by atoms with Crippen molar-refractivity contribution < 1.29 is 14.7 Å². The van der Waals surface area contributed by atoms with Gasteiger partial charge in [-0.25, -0.2) is 9.59 Å². The van der Waals surface area contributed by atoms with E-state index in [9.17, 15) is 14.7 Å². The number of aromatic carboxylic acids is 1. The van der Waals surface area contributed by atoms with Crippen molar-refractivity contribution in [2.45, 2.75) is 26.2 Å². The smallest absolute Gasteiger partial charge is 0.338 e. The number of urea groups is 1. The number of hydrogen-bond acceptors (Lipinski definition) is 3. The molecule has 1 aromatic carbocycles. The fourth-order valence-corrected chi connectivity index (χ4v) is 2.47. The summed E-state index contributed by atoms with van der Waals surface area (Å²) in [5.74, 6) is 0.0951. The second-order valence-corrected chi connectivity index (χ2v) is 5.72. The number of unbranched alkanes of at least 4 members (excludes halogenated alkanes) is 2. The van der Waals surface area contributed by atoms with Crippen LogP contribution >= 0.6 is 11.8 Å². The van der Waals surface area contributed by atoms with Crippen LogP contribution in [-0.2, 0) is 0 Å². The van der Waals surface area contributed by atoms with Crippen molar-refractivity contribution in [3.63, 3.8) is 0 Å². The molecule has 0 unspecified atom stereocenters. The number of hydrogen-bond donors (Lipinski definition) is 3.